The molecule has 0 atom stereocenters. The van der Waals surface area contributed by atoms with Crippen molar-refractivity contribution in [3.63, 3.8) is 0 Å². The standard InChI is InChI=1S/C20H20N2O2/c23-19(12-11-17-7-3-1-4-8-17)21-13-15-22(16-14-21)20(24)18-9-5-2-6-10-18/h1-12H,13-16H2/b12-11+. The van der Waals surface area contributed by atoms with Crippen molar-refractivity contribution >= 4 is 17.9 Å². The van der Waals surface area contributed by atoms with E-state index >= 15 is 0 Å². The lowest BCUT2D eigenvalue weighted by Crippen LogP contribution is -2.50. The molecule has 0 saturated carbocycles. The van der Waals surface area contributed by atoms with Crippen LogP contribution in [-0.4, -0.2) is 47.8 Å². The fourth-order valence-corrected chi connectivity index (χ4v) is 2.73. The van der Waals surface area contributed by atoms with Crippen LogP contribution in [0, 0.1) is 0 Å². The molecule has 1 saturated heterocycles. The van der Waals surface area contributed by atoms with Gasteiger partial charge >= 0.3 is 0 Å². The fourth-order valence-electron chi connectivity index (χ4n) is 2.73. The third-order valence-electron chi connectivity index (χ3n) is 4.12. The van der Waals surface area contributed by atoms with Crippen LogP contribution >= 0.6 is 0 Å². The first kappa shape index (κ1) is 16.0. The van der Waals surface area contributed by atoms with Crippen molar-refractivity contribution in [2.45, 2.75) is 0 Å². The summed E-state index contributed by atoms with van der Waals surface area (Å²) in [7, 11) is 0. The number of rotatable bonds is 3. The van der Waals surface area contributed by atoms with Crippen molar-refractivity contribution in [2.24, 2.45) is 0 Å². The number of nitrogens with zero attached hydrogens (tertiary/aromatic N) is 2. The Hall–Kier alpha value is -2.88. The van der Waals surface area contributed by atoms with E-state index in [1.165, 1.54) is 0 Å². The smallest absolute Gasteiger partial charge is 0.253 e. The molecule has 3 rings (SSSR count). The van der Waals surface area contributed by atoms with Gasteiger partial charge in [0, 0.05) is 37.8 Å². The Morgan fingerprint density at radius 1 is 0.750 bits per heavy atom. The molecule has 24 heavy (non-hydrogen) atoms. The zero-order chi connectivity index (χ0) is 16.8. The molecule has 0 bridgehead atoms. The summed E-state index contributed by atoms with van der Waals surface area (Å²) in [5.41, 5.74) is 1.70. The monoisotopic (exact) mass is 320 g/mol. The second-order valence-corrected chi connectivity index (χ2v) is 5.73. The molecular weight excluding hydrogens is 300 g/mol. The van der Waals surface area contributed by atoms with Crippen LogP contribution < -0.4 is 0 Å². The highest BCUT2D eigenvalue weighted by molar-refractivity contribution is 5.95. The summed E-state index contributed by atoms with van der Waals surface area (Å²) < 4.78 is 0. The highest BCUT2D eigenvalue weighted by Gasteiger charge is 2.23. The number of hydrogen-bond donors (Lipinski definition) is 0. The molecule has 4 nitrogen and oxygen atoms in total. The van der Waals surface area contributed by atoms with Crippen LogP contribution in [0.25, 0.3) is 6.08 Å². The first-order chi connectivity index (χ1) is 11.7. The Balaban J connectivity index is 1.54. The van der Waals surface area contributed by atoms with E-state index in [2.05, 4.69) is 0 Å². The molecule has 1 aliphatic rings. The molecule has 0 spiro atoms. The van der Waals surface area contributed by atoms with Crippen molar-refractivity contribution < 1.29 is 9.59 Å². The maximum absolute atomic E-state index is 12.4. The topological polar surface area (TPSA) is 40.6 Å². The molecule has 2 amide bonds. The fraction of sp³-hybridized carbons (Fsp3) is 0.200. The minimum atomic E-state index is -0.00865. The van der Waals surface area contributed by atoms with Crippen molar-refractivity contribution in [3.05, 3.63) is 77.9 Å². The Bertz CT molecular complexity index is 718. The summed E-state index contributed by atoms with van der Waals surface area (Å²) in [5.74, 6) is 0.0215. The minimum Gasteiger partial charge on any atom is -0.336 e. The Labute approximate surface area is 142 Å². The molecule has 1 fully saturated rings. The number of amides is 2. The molecule has 2 aromatic rings. The summed E-state index contributed by atoms with van der Waals surface area (Å²) in [4.78, 5) is 28.2. The third-order valence-corrected chi connectivity index (χ3v) is 4.12. The van der Waals surface area contributed by atoms with Gasteiger partial charge in [-0.05, 0) is 23.8 Å². The van der Waals surface area contributed by atoms with E-state index in [-0.39, 0.29) is 11.8 Å². The lowest BCUT2D eigenvalue weighted by Gasteiger charge is -2.34. The van der Waals surface area contributed by atoms with E-state index in [1.54, 1.807) is 15.9 Å². The minimum absolute atomic E-state index is 0.00865. The summed E-state index contributed by atoms with van der Waals surface area (Å²) >= 11 is 0. The van der Waals surface area contributed by atoms with Crippen LogP contribution in [0.1, 0.15) is 15.9 Å². The lowest BCUT2D eigenvalue weighted by molar-refractivity contribution is -0.127. The second-order valence-electron chi connectivity index (χ2n) is 5.73. The van der Waals surface area contributed by atoms with E-state index in [0.717, 1.165) is 5.56 Å². The third kappa shape index (κ3) is 3.90. The molecule has 1 aliphatic heterocycles. The van der Waals surface area contributed by atoms with Gasteiger partial charge in [-0.25, -0.2) is 0 Å². The Kier molecular flexibility index (Phi) is 5.06. The van der Waals surface area contributed by atoms with E-state index in [0.29, 0.717) is 31.7 Å². The maximum Gasteiger partial charge on any atom is 0.253 e. The molecule has 0 unspecified atom stereocenters. The Morgan fingerprint density at radius 3 is 1.92 bits per heavy atom. The molecule has 0 aromatic heterocycles. The first-order valence-corrected chi connectivity index (χ1v) is 8.10. The summed E-state index contributed by atoms with van der Waals surface area (Å²) in [6, 6.07) is 19.0. The molecule has 0 radical (unpaired) electrons. The van der Waals surface area contributed by atoms with Crippen LogP contribution in [0.3, 0.4) is 0 Å². The van der Waals surface area contributed by atoms with Crippen molar-refractivity contribution in [1.82, 2.24) is 9.80 Å². The van der Waals surface area contributed by atoms with Crippen molar-refractivity contribution in [3.8, 4) is 0 Å². The normalized spacial score (nSPS) is 14.8. The summed E-state index contributed by atoms with van der Waals surface area (Å²) in [5, 5.41) is 0. The van der Waals surface area contributed by atoms with Gasteiger partial charge in [0.05, 0.1) is 0 Å². The average Bonchev–Trinajstić information content (AvgIpc) is 2.67. The summed E-state index contributed by atoms with van der Waals surface area (Å²) in [6.07, 6.45) is 3.42. The van der Waals surface area contributed by atoms with E-state index in [9.17, 15) is 9.59 Å². The lowest BCUT2D eigenvalue weighted by atomic mass is 10.2. The molecule has 4 heteroatoms. The highest BCUT2D eigenvalue weighted by Crippen LogP contribution is 2.10. The van der Waals surface area contributed by atoms with Gasteiger partial charge < -0.3 is 9.80 Å². The van der Waals surface area contributed by atoms with Gasteiger partial charge in [0.25, 0.3) is 5.91 Å². The van der Waals surface area contributed by atoms with Gasteiger partial charge in [-0.15, -0.1) is 0 Å². The second kappa shape index (κ2) is 7.59. The number of piperazine rings is 1. The SMILES string of the molecule is O=C(/C=C/c1ccccc1)N1CCN(C(=O)c2ccccc2)CC1. The van der Waals surface area contributed by atoms with Crippen LogP contribution in [0.2, 0.25) is 0 Å². The first-order valence-electron chi connectivity index (χ1n) is 8.10. The van der Waals surface area contributed by atoms with Gasteiger partial charge in [-0.3, -0.25) is 9.59 Å². The summed E-state index contributed by atoms with van der Waals surface area (Å²) in [6.45, 7) is 2.27. The highest BCUT2D eigenvalue weighted by atomic mass is 16.2. The van der Waals surface area contributed by atoms with Crippen LogP contribution in [0.15, 0.2) is 66.7 Å². The van der Waals surface area contributed by atoms with Gasteiger partial charge in [0.2, 0.25) is 5.91 Å². The predicted molar refractivity (Wildman–Crippen MR) is 94.4 cm³/mol. The molecule has 2 aromatic carbocycles. The van der Waals surface area contributed by atoms with E-state index in [4.69, 9.17) is 0 Å². The zero-order valence-electron chi connectivity index (χ0n) is 13.5. The molecule has 122 valence electrons. The number of carbonyl (C=O) groups is 2. The predicted octanol–water partition coefficient (Wildman–Crippen LogP) is 2.68. The van der Waals surface area contributed by atoms with Crippen molar-refractivity contribution in [1.29, 1.82) is 0 Å². The number of hydrogen-bond acceptors (Lipinski definition) is 2. The number of benzene rings is 2. The quantitative estimate of drug-likeness (QED) is 0.816. The van der Waals surface area contributed by atoms with Gasteiger partial charge in [-0.2, -0.15) is 0 Å². The van der Waals surface area contributed by atoms with E-state index in [1.807, 2.05) is 66.7 Å². The zero-order valence-corrected chi connectivity index (χ0v) is 13.5. The van der Waals surface area contributed by atoms with Crippen molar-refractivity contribution in [2.75, 3.05) is 26.2 Å². The average molecular weight is 320 g/mol. The van der Waals surface area contributed by atoms with Crippen LogP contribution in [0.5, 0.6) is 0 Å². The Morgan fingerprint density at radius 2 is 1.29 bits per heavy atom. The van der Waals surface area contributed by atoms with Crippen LogP contribution in [0.4, 0.5) is 0 Å². The van der Waals surface area contributed by atoms with Gasteiger partial charge in [-0.1, -0.05) is 48.5 Å². The maximum atomic E-state index is 12.4. The molecule has 1 heterocycles. The molecular formula is C20H20N2O2. The number of carbonyl (C=O) groups excluding carboxylic acids is 2. The van der Waals surface area contributed by atoms with Gasteiger partial charge in [0.15, 0.2) is 0 Å². The van der Waals surface area contributed by atoms with Crippen LogP contribution in [-0.2, 0) is 4.79 Å². The molecule has 0 aliphatic carbocycles. The molecule has 0 N–H and O–H groups in total. The van der Waals surface area contributed by atoms with Gasteiger partial charge in [0.1, 0.15) is 0 Å². The largest absolute Gasteiger partial charge is 0.336 e. The van der Waals surface area contributed by atoms with E-state index < -0.39 is 0 Å².